The predicted molar refractivity (Wildman–Crippen MR) is 158 cm³/mol. The molecule has 5 N–H and O–H groups in total. The standard InChI is InChI=1S/C33H41FN2O5S/c1-31-16-20(18-35)26(36-23-8-6-22(34)7-9-23)15-21(31)5-10-24-25-11-12-33(30(40)42-14-13-37,41-29(39)19-3-4-19)32(25,2)17-27(38)28(24)31/h6-9,15,18-19,24-25,27-28,35-38H,3-5,10-14,16-17H2,1-2H3/p+1. The summed E-state index contributed by atoms with van der Waals surface area (Å²) in [6.45, 7) is 4.14. The number of carbonyl (C=O) groups excluding carboxylic acids is 2. The number of benzene rings is 1. The normalized spacial score (nSPS) is 37.3. The lowest BCUT2D eigenvalue weighted by atomic mass is 9.45. The second-order valence-corrected chi connectivity index (χ2v) is 14.6. The summed E-state index contributed by atoms with van der Waals surface area (Å²) < 4.78 is 19.7. The summed E-state index contributed by atoms with van der Waals surface area (Å²) in [5.41, 5.74) is 1.64. The van der Waals surface area contributed by atoms with Crippen LogP contribution in [0.25, 0.3) is 0 Å². The van der Waals surface area contributed by atoms with Gasteiger partial charge < -0.3 is 20.4 Å². The average Bonchev–Trinajstić information content (AvgIpc) is 3.77. The van der Waals surface area contributed by atoms with E-state index >= 15 is 0 Å². The molecule has 7 unspecified atom stereocenters. The highest BCUT2D eigenvalue weighted by molar-refractivity contribution is 8.13. The lowest BCUT2D eigenvalue weighted by molar-refractivity contribution is -0.513. The smallest absolute Gasteiger partial charge is 0.309 e. The summed E-state index contributed by atoms with van der Waals surface area (Å²) in [7, 11) is 0. The van der Waals surface area contributed by atoms with Gasteiger partial charge in [-0.05, 0) is 92.7 Å². The zero-order chi connectivity index (χ0) is 29.9. The Morgan fingerprint density at radius 2 is 1.93 bits per heavy atom. The van der Waals surface area contributed by atoms with Gasteiger partial charge in [0.25, 0.3) is 0 Å². The molecule has 0 amide bonds. The van der Waals surface area contributed by atoms with E-state index in [4.69, 9.17) is 10.1 Å². The Balaban J connectivity index is 1.31. The van der Waals surface area contributed by atoms with E-state index in [1.165, 1.54) is 23.9 Å². The minimum atomic E-state index is -1.30. The zero-order valence-corrected chi connectivity index (χ0v) is 25.2. The van der Waals surface area contributed by atoms with Crippen LogP contribution in [0.1, 0.15) is 65.2 Å². The predicted octanol–water partition coefficient (Wildman–Crippen LogP) is 4.41. The van der Waals surface area contributed by atoms with E-state index in [-0.39, 0.29) is 58.3 Å². The quantitative estimate of drug-likeness (QED) is 0.200. The van der Waals surface area contributed by atoms with Crippen LogP contribution in [0.4, 0.5) is 10.1 Å². The molecule has 1 aromatic carbocycles. The Bertz CT molecular complexity index is 1340. The summed E-state index contributed by atoms with van der Waals surface area (Å²) in [6, 6.07) is 6.35. The summed E-state index contributed by atoms with van der Waals surface area (Å²) in [4.78, 5) is 26.9. The maximum Gasteiger partial charge on any atom is 0.309 e. The molecule has 7 nitrogen and oxygen atoms in total. The molecule has 0 spiro atoms. The number of ether oxygens (including phenoxy) is 1. The fraction of sp³-hybridized carbons (Fsp3) is 0.606. The van der Waals surface area contributed by atoms with Crippen LogP contribution in [-0.2, 0) is 14.3 Å². The van der Waals surface area contributed by atoms with Crippen molar-refractivity contribution in [2.45, 2.75) is 76.9 Å². The second kappa shape index (κ2) is 11.0. The third-order valence-electron chi connectivity index (χ3n) is 11.3. The minimum Gasteiger partial charge on any atom is -0.449 e. The average molecular weight is 598 g/mol. The highest BCUT2D eigenvalue weighted by atomic mass is 32.2. The maximum atomic E-state index is 13.8. The molecule has 5 aliphatic rings. The third-order valence-corrected chi connectivity index (χ3v) is 12.2. The Labute approximate surface area is 250 Å². The Hall–Kier alpha value is -2.33. The highest BCUT2D eigenvalue weighted by Gasteiger charge is 2.71. The molecular formula is C33H42FN2O5S+. The molecule has 9 heteroatoms. The van der Waals surface area contributed by atoms with E-state index in [9.17, 15) is 24.2 Å². The van der Waals surface area contributed by atoms with Crippen molar-refractivity contribution in [2.75, 3.05) is 12.4 Å². The number of quaternary nitrogens is 1. The van der Waals surface area contributed by atoms with Gasteiger partial charge in [0.05, 0.1) is 18.6 Å². The Kier molecular flexibility index (Phi) is 7.78. The largest absolute Gasteiger partial charge is 0.449 e. The van der Waals surface area contributed by atoms with E-state index < -0.39 is 17.1 Å². The van der Waals surface area contributed by atoms with Gasteiger partial charge in [-0.1, -0.05) is 31.2 Å². The number of halogens is 1. The van der Waals surface area contributed by atoms with Crippen LogP contribution in [0, 0.1) is 45.7 Å². The molecule has 226 valence electrons. The number of thioether (sulfide) groups is 1. The van der Waals surface area contributed by atoms with E-state index in [0.29, 0.717) is 19.3 Å². The molecule has 0 aliphatic heterocycles. The summed E-state index contributed by atoms with van der Waals surface area (Å²) in [5, 5.41) is 31.5. The first-order valence-electron chi connectivity index (χ1n) is 15.3. The molecule has 0 aromatic heterocycles. The van der Waals surface area contributed by atoms with Crippen LogP contribution in [0.5, 0.6) is 0 Å². The molecule has 0 heterocycles. The van der Waals surface area contributed by atoms with Crippen LogP contribution < -0.4 is 5.32 Å². The van der Waals surface area contributed by atoms with Crippen LogP contribution in [0.15, 0.2) is 47.2 Å². The van der Waals surface area contributed by atoms with E-state index in [1.54, 1.807) is 12.1 Å². The van der Waals surface area contributed by atoms with Crippen molar-refractivity contribution >= 4 is 34.7 Å². The van der Waals surface area contributed by atoms with Crippen LogP contribution in [-0.4, -0.2) is 51.6 Å². The Morgan fingerprint density at radius 3 is 2.60 bits per heavy atom. The number of esters is 1. The number of aliphatic hydroxyl groups is 2. The first-order valence-corrected chi connectivity index (χ1v) is 16.3. The number of allylic oxidation sites excluding steroid dienone is 3. The van der Waals surface area contributed by atoms with Crippen LogP contribution in [0.3, 0.4) is 0 Å². The Morgan fingerprint density at radius 1 is 1.19 bits per heavy atom. The molecule has 0 radical (unpaired) electrons. The first kappa shape index (κ1) is 29.7. The molecular weight excluding hydrogens is 555 g/mol. The van der Waals surface area contributed by atoms with Crippen molar-refractivity contribution in [2.24, 2.45) is 34.5 Å². The fourth-order valence-electron chi connectivity index (χ4n) is 9.09. The summed E-state index contributed by atoms with van der Waals surface area (Å²) in [6.07, 6.45) is 8.38. The lowest BCUT2D eigenvalue weighted by Gasteiger charge is -2.60. The molecule has 5 aliphatic carbocycles. The number of nitrogens with two attached hydrogens (primary N) is 1. The van der Waals surface area contributed by atoms with Crippen molar-refractivity contribution in [3.8, 4) is 0 Å². The van der Waals surface area contributed by atoms with Crippen molar-refractivity contribution in [3.63, 3.8) is 0 Å². The number of rotatable bonds is 8. The summed E-state index contributed by atoms with van der Waals surface area (Å²) in [5.74, 6) is -0.275. The van der Waals surface area contributed by atoms with Crippen molar-refractivity contribution < 1.29 is 34.2 Å². The molecule has 6 rings (SSSR count). The topological polar surface area (TPSA) is 124 Å². The van der Waals surface area contributed by atoms with E-state index in [0.717, 1.165) is 60.8 Å². The first-order chi connectivity index (χ1) is 20.1. The number of carbonyl (C=O) groups is 2. The molecule has 1 aromatic rings. The van der Waals surface area contributed by atoms with E-state index in [1.807, 2.05) is 5.32 Å². The maximum absolute atomic E-state index is 13.8. The number of fused-ring (bicyclic) bond motifs is 5. The fourth-order valence-corrected chi connectivity index (χ4v) is 9.98. The van der Waals surface area contributed by atoms with Gasteiger partial charge in [-0.15, -0.1) is 0 Å². The number of aliphatic hydroxyl groups excluding tert-OH is 2. The third kappa shape index (κ3) is 4.71. The van der Waals surface area contributed by atoms with Crippen LogP contribution in [0.2, 0.25) is 0 Å². The molecule has 7 atom stereocenters. The van der Waals surface area contributed by atoms with Gasteiger partial charge in [0.1, 0.15) is 17.2 Å². The number of nitrogens with one attached hydrogen (secondary N) is 1. The van der Waals surface area contributed by atoms with Crippen molar-refractivity contribution in [3.05, 3.63) is 53.0 Å². The summed E-state index contributed by atoms with van der Waals surface area (Å²) >= 11 is 1.04. The van der Waals surface area contributed by atoms with Crippen molar-refractivity contribution in [1.29, 1.82) is 5.41 Å². The van der Waals surface area contributed by atoms with Gasteiger partial charge in [-0.3, -0.25) is 14.9 Å². The van der Waals surface area contributed by atoms with Gasteiger partial charge >= 0.3 is 5.97 Å². The van der Waals surface area contributed by atoms with E-state index in [2.05, 4.69) is 19.9 Å². The number of hydrogen-bond acceptors (Lipinski definition) is 7. The highest BCUT2D eigenvalue weighted by Crippen LogP contribution is 2.69. The lowest BCUT2D eigenvalue weighted by Crippen LogP contribution is -2.76. The zero-order valence-electron chi connectivity index (χ0n) is 24.4. The van der Waals surface area contributed by atoms with Gasteiger partial charge in [0.15, 0.2) is 5.60 Å². The number of hydrogen-bond donors (Lipinski definition) is 4. The van der Waals surface area contributed by atoms with Gasteiger partial charge in [-0.25, -0.2) is 4.39 Å². The SMILES string of the molecule is CC12CC(C=N)=C([NH2+]c3ccc(F)cc3)C=C1CCC1C2C(O)CC2(C)C1CCC2(OC(=O)C1CC1)C(=O)SCCO. The van der Waals surface area contributed by atoms with Crippen molar-refractivity contribution in [1.82, 2.24) is 0 Å². The molecule has 0 saturated heterocycles. The van der Waals surface area contributed by atoms with Crippen LogP contribution >= 0.6 is 11.8 Å². The second-order valence-electron chi connectivity index (χ2n) is 13.5. The van der Waals surface area contributed by atoms with Gasteiger partial charge in [0.2, 0.25) is 5.12 Å². The minimum absolute atomic E-state index is 0.0481. The van der Waals surface area contributed by atoms with Gasteiger partial charge in [0, 0.05) is 35.1 Å². The molecule has 4 fully saturated rings. The monoisotopic (exact) mass is 597 g/mol. The molecule has 42 heavy (non-hydrogen) atoms. The van der Waals surface area contributed by atoms with Gasteiger partial charge in [-0.2, -0.15) is 0 Å². The molecule has 4 saturated carbocycles. The molecule has 0 bridgehead atoms.